The van der Waals surface area contributed by atoms with E-state index >= 15 is 0 Å². The number of hydrogen-bond acceptors (Lipinski definition) is 4. The predicted molar refractivity (Wildman–Crippen MR) is 95.2 cm³/mol. The van der Waals surface area contributed by atoms with Gasteiger partial charge in [0.15, 0.2) is 0 Å². The molecule has 0 amide bonds. The van der Waals surface area contributed by atoms with Crippen LogP contribution in [0.2, 0.25) is 0 Å². The van der Waals surface area contributed by atoms with Gasteiger partial charge in [-0.2, -0.15) is 0 Å². The van der Waals surface area contributed by atoms with Crippen molar-refractivity contribution >= 4 is 31.9 Å². The van der Waals surface area contributed by atoms with Crippen LogP contribution in [0.4, 0.5) is 4.39 Å². The highest BCUT2D eigenvalue weighted by atomic mass is 79.9. The fraction of sp³-hybridized carbons (Fsp3) is 0.235. The third-order valence-electron chi connectivity index (χ3n) is 3.44. The van der Waals surface area contributed by atoms with Crippen LogP contribution in [0.5, 0.6) is 0 Å². The summed E-state index contributed by atoms with van der Waals surface area (Å²) in [6, 6.07) is 9.23. The van der Waals surface area contributed by atoms with Crippen LogP contribution in [0.15, 0.2) is 51.8 Å². The van der Waals surface area contributed by atoms with E-state index in [0.717, 1.165) is 0 Å². The van der Waals surface area contributed by atoms with Crippen molar-refractivity contribution in [2.75, 3.05) is 6.61 Å². The maximum Gasteiger partial charge on any atom is 0.338 e. The molecule has 0 saturated carbocycles. The van der Waals surface area contributed by atoms with Crippen molar-refractivity contribution in [2.24, 2.45) is 0 Å². The Morgan fingerprint density at radius 3 is 2.56 bits per heavy atom. The third-order valence-corrected chi connectivity index (χ3v) is 5.95. The summed E-state index contributed by atoms with van der Waals surface area (Å²) in [5.41, 5.74) is 0.472. The molecule has 2 rings (SSSR count). The number of benzene rings is 2. The second kappa shape index (κ2) is 8.07. The van der Waals surface area contributed by atoms with Crippen LogP contribution in [0.25, 0.3) is 0 Å². The average Bonchev–Trinajstić information content (AvgIpc) is 2.54. The first kappa shape index (κ1) is 19.6. The number of carbonyl (C=O) groups is 1. The van der Waals surface area contributed by atoms with Gasteiger partial charge in [0.25, 0.3) is 0 Å². The minimum atomic E-state index is -3.93. The molecular weight excluding hydrogens is 413 g/mol. The maximum atomic E-state index is 13.8. The Morgan fingerprint density at radius 1 is 1.28 bits per heavy atom. The number of nitrogens with one attached hydrogen (secondary N) is 1. The number of sulfonamides is 1. The zero-order valence-electron chi connectivity index (χ0n) is 13.6. The lowest BCUT2D eigenvalue weighted by Crippen LogP contribution is -2.27. The quantitative estimate of drug-likeness (QED) is 0.708. The van der Waals surface area contributed by atoms with Gasteiger partial charge in [-0.1, -0.05) is 18.2 Å². The summed E-state index contributed by atoms with van der Waals surface area (Å²) in [5, 5.41) is 0. The van der Waals surface area contributed by atoms with Crippen LogP contribution >= 0.6 is 15.9 Å². The molecule has 8 heteroatoms. The van der Waals surface area contributed by atoms with Gasteiger partial charge in [0.2, 0.25) is 10.0 Å². The van der Waals surface area contributed by atoms with Crippen LogP contribution < -0.4 is 4.72 Å². The number of esters is 1. The summed E-state index contributed by atoms with van der Waals surface area (Å²) < 4.78 is 46.5. The summed E-state index contributed by atoms with van der Waals surface area (Å²) in [7, 11) is -3.93. The van der Waals surface area contributed by atoms with E-state index in [0.29, 0.717) is 0 Å². The molecular formula is C17H17BrFNO4S. The fourth-order valence-corrected chi connectivity index (χ4v) is 4.55. The molecule has 0 unspecified atom stereocenters. The van der Waals surface area contributed by atoms with Crippen molar-refractivity contribution in [3.63, 3.8) is 0 Å². The molecule has 0 saturated heterocycles. The highest BCUT2D eigenvalue weighted by Crippen LogP contribution is 2.26. The van der Waals surface area contributed by atoms with Gasteiger partial charge in [-0.05, 0) is 54.0 Å². The van der Waals surface area contributed by atoms with E-state index in [1.807, 2.05) is 0 Å². The van der Waals surface area contributed by atoms with Crippen molar-refractivity contribution in [1.29, 1.82) is 0 Å². The molecule has 25 heavy (non-hydrogen) atoms. The number of rotatable bonds is 6. The third kappa shape index (κ3) is 4.65. The molecule has 0 aliphatic heterocycles. The second-order valence-electron chi connectivity index (χ2n) is 5.23. The van der Waals surface area contributed by atoms with Crippen LogP contribution in [-0.4, -0.2) is 21.0 Å². The second-order valence-corrected chi connectivity index (χ2v) is 7.77. The topological polar surface area (TPSA) is 72.5 Å². The van der Waals surface area contributed by atoms with Gasteiger partial charge in [0.05, 0.1) is 17.1 Å². The Hall–Kier alpha value is -1.77. The van der Waals surface area contributed by atoms with Gasteiger partial charge in [-0.15, -0.1) is 0 Å². The molecule has 0 aliphatic rings. The SMILES string of the molecule is CCOC(=O)c1ccc(S(=O)(=O)N[C@H](C)c2ccccc2F)c(Br)c1. The summed E-state index contributed by atoms with van der Waals surface area (Å²) in [6.07, 6.45) is 0. The smallest absolute Gasteiger partial charge is 0.338 e. The van der Waals surface area contributed by atoms with Crippen molar-refractivity contribution in [2.45, 2.75) is 24.8 Å². The van der Waals surface area contributed by atoms with E-state index in [-0.39, 0.29) is 27.1 Å². The maximum absolute atomic E-state index is 13.8. The van der Waals surface area contributed by atoms with Gasteiger partial charge in [-0.3, -0.25) is 0 Å². The van der Waals surface area contributed by atoms with Crippen LogP contribution in [-0.2, 0) is 14.8 Å². The fourth-order valence-electron chi connectivity index (χ4n) is 2.25. The molecule has 0 fully saturated rings. The summed E-state index contributed by atoms with van der Waals surface area (Å²) in [4.78, 5) is 11.7. The number of halogens is 2. The van der Waals surface area contributed by atoms with Crippen molar-refractivity contribution in [1.82, 2.24) is 4.72 Å². The van der Waals surface area contributed by atoms with Gasteiger partial charge < -0.3 is 4.74 Å². The lowest BCUT2D eigenvalue weighted by molar-refractivity contribution is 0.0526. The zero-order chi connectivity index (χ0) is 18.6. The molecule has 5 nitrogen and oxygen atoms in total. The zero-order valence-corrected chi connectivity index (χ0v) is 16.0. The Kier molecular flexibility index (Phi) is 6.31. The van der Waals surface area contributed by atoms with E-state index in [1.165, 1.54) is 36.4 Å². The Bertz CT molecular complexity index is 886. The van der Waals surface area contributed by atoms with E-state index in [4.69, 9.17) is 4.74 Å². The van der Waals surface area contributed by atoms with Gasteiger partial charge in [-0.25, -0.2) is 22.3 Å². The first-order valence-corrected chi connectivity index (χ1v) is 9.77. The Labute approximate surface area is 154 Å². The molecule has 2 aromatic rings. The van der Waals surface area contributed by atoms with Gasteiger partial charge in [0.1, 0.15) is 5.82 Å². The highest BCUT2D eigenvalue weighted by Gasteiger charge is 2.23. The molecule has 0 radical (unpaired) electrons. The number of hydrogen-bond donors (Lipinski definition) is 1. The largest absolute Gasteiger partial charge is 0.462 e. The molecule has 0 aliphatic carbocycles. The first-order valence-electron chi connectivity index (χ1n) is 7.49. The number of ether oxygens (including phenoxy) is 1. The molecule has 0 bridgehead atoms. The minimum Gasteiger partial charge on any atom is -0.462 e. The molecule has 0 spiro atoms. The van der Waals surface area contributed by atoms with Gasteiger partial charge >= 0.3 is 5.97 Å². The highest BCUT2D eigenvalue weighted by molar-refractivity contribution is 9.10. The Morgan fingerprint density at radius 2 is 1.96 bits per heavy atom. The molecule has 0 heterocycles. The normalized spacial score (nSPS) is 12.6. The lowest BCUT2D eigenvalue weighted by atomic mass is 10.1. The molecule has 2 aromatic carbocycles. The van der Waals surface area contributed by atoms with Crippen molar-refractivity contribution in [3.05, 3.63) is 63.9 Å². The van der Waals surface area contributed by atoms with Crippen molar-refractivity contribution in [3.8, 4) is 0 Å². The average molecular weight is 430 g/mol. The van der Waals surface area contributed by atoms with Gasteiger partial charge in [0, 0.05) is 16.1 Å². The van der Waals surface area contributed by atoms with Crippen LogP contribution in [0.1, 0.15) is 35.8 Å². The van der Waals surface area contributed by atoms with E-state index in [1.54, 1.807) is 19.9 Å². The predicted octanol–water partition coefficient (Wildman–Crippen LogP) is 3.80. The number of carbonyl (C=O) groups excluding carboxylic acids is 1. The van der Waals surface area contributed by atoms with Crippen LogP contribution in [0.3, 0.4) is 0 Å². The monoisotopic (exact) mass is 429 g/mol. The van der Waals surface area contributed by atoms with E-state index in [2.05, 4.69) is 20.7 Å². The Balaban J connectivity index is 2.28. The van der Waals surface area contributed by atoms with E-state index in [9.17, 15) is 17.6 Å². The molecule has 0 aromatic heterocycles. The summed E-state index contributed by atoms with van der Waals surface area (Å²) in [6.45, 7) is 3.45. The molecule has 1 N–H and O–H groups in total. The standard InChI is InChI=1S/C17H17BrFNO4S/c1-3-24-17(21)12-8-9-16(14(18)10-12)25(22,23)20-11(2)13-6-4-5-7-15(13)19/h4-11,20H,3H2,1-2H3/t11-/m1/s1. The van der Waals surface area contributed by atoms with Crippen LogP contribution in [0, 0.1) is 5.82 Å². The molecule has 134 valence electrons. The van der Waals surface area contributed by atoms with Crippen molar-refractivity contribution < 1.29 is 22.3 Å². The minimum absolute atomic E-state index is 0.0521. The summed E-state index contributed by atoms with van der Waals surface area (Å²) in [5.74, 6) is -1.03. The first-order chi connectivity index (χ1) is 11.8. The lowest BCUT2D eigenvalue weighted by Gasteiger charge is -2.16. The van der Waals surface area contributed by atoms with E-state index < -0.39 is 27.9 Å². The summed E-state index contributed by atoms with van der Waals surface area (Å²) >= 11 is 3.16. The molecule has 1 atom stereocenters.